The average molecular weight is 308 g/mol. The van der Waals surface area contributed by atoms with Crippen LogP contribution >= 0.6 is 11.6 Å². The van der Waals surface area contributed by atoms with Crippen molar-refractivity contribution in [2.75, 3.05) is 21.3 Å². The highest BCUT2D eigenvalue weighted by molar-refractivity contribution is 6.32. The summed E-state index contributed by atoms with van der Waals surface area (Å²) in [6.07, 6.45) is 0. The predicted octanol–water partition coefficient (Wildman–Crippen LogP) is 3.41. The van der Waals surface area contributed by atoms with Gasteiger partial charge in [-0.25, -0.2) is 0 Å². The molecule has 2 aromatic rings. The summed E-state index contributed by atoms with van der Waals surface area (Å²) in [7, 11) is 4.79. The van der Waals surface area contributed by atoms with Gasteiger partial charge in [0.05, 0.1) is 32.4 Å². The second kappa shape index (κ2) is 6.70. The van der Waals surface area contributed by atoms with E-state index in [9.17, 15) is 0 Å². The van der Waals surface area contributed by atoms with Gasteiger partial charge in [-0.05, 0) is 35.4 Å². The molecule has 0 saturated heterocycles. The molecule has 0 spiro atoms. The van der Waals surface area contributed by atoms with E-state index in [2.05, 4.69) is 0 Å². The Morgan fingerprint density at radius 3 is 2.00 bits per heavy atom. The van der Waals surface area contributed by atoms with E-state index in [1.54, 1.807) is 33.5 Å². The van der Waals surface area contributed by atoms with Crippen molar-refractivity contribution in [2.24, 2.45) is 5.73 Å². The van der Waals surface area contributed by atoms with Crippen molar-refractivity contribution in [3.8, 4) is 17.2 Å². The van der Waals surface area contributed by atoms with Crippen LogP contribution in [-0.4, -0.2) is 21.3 Å². The van der Waals surface area contributed by atoms with Crippen molar-refractivity contribution in [1.29, 1.82) is 0 Å². The minimum Gasteiger partial charge on any atom is -0.497 e. The van der Waals surface area contributed by atoms with Crippen LogP contribution in [0.2, 0.25) is 5.02 Å². The van der Waals surface area contributed by atoms with Gasteiger partial charge >= 0.3 is 0 Å². The molecule has 2 rings (SSSR count). The first-order chi connectivity index (χ1) is 10.1. The first kappa shape index (κ1) is 15.5. The smallest absolute Gasteiger partial charge is 0.137 e. The van der Waals surface area contributed by atoms with Gasteiger partial charge in [-0.2, -0.15) is 0 Å². The highest BCUT2D eigenvalue weighted by atomic mass is 35.5. The summed E-state index contributed by atoms with van der Waals surface area (Å²) in [5.74, 6) is 1.99. The maximum Gasteiger partial charge on any atom is 0.137 e. The van der Waals surface area contributed by atoms with E-state index in [-0.39, 0.29) is 6.04 Å². The highest BCUT2D eigenvalue weighted by Crippen LogP contribution is 2.32. The Morgan fingerprint density at radius 1 is 0.857 bits per heavy atom. The van der Waals surface area contributed by atoms with Crippen LogP contribution in [-0.2, 0) is 0 Å². The van der Waals surface area contributed by atoms with Gasteiger partial charge in [-0.3, -0.25) is 0 Å². The molecule has 4 nitrogen and oxygen atoms in total. The molecular formula is C16H18ClNO3. The number of hydrogen-bond donors (Lipinski definition) is 1. The van der Waals surface area contributed by atoms with E-state index in [1.165, 1.54) is 0 Å². The normalized spacial score (nSPS) is 11.9. The minimum atomic E-state index is -0.333. The molecule has 5 heteroatoms. The summed E-state index contributed by atoms with van der Waals surface area (Å²) in [4.78, 5) is 0. The maximum absolute atomic E-state index is 6.33. The molecule has 1 unspecified atom stereocenters. The third kappa shape index (κ3) is 3.40. The van der Waals surface area contributed by atoms with Gasteiger partial charge in [0, 0.05) is 6.07 Å². The van der Waals surface area contributed by atoms with Gasteiger partial charge in [0.25, 0.3) is 0 Å². The zero-order valence-corrected chi connectivity index (χ0v) is 13.0. The molecule has 0 aliphatic carbocycles. The second-order valence-corrected chi connectivity index (χ2v) is 4.92. The van der Waals surface area contributed by atoms with Crippen LogP contribution < -0.4 is 19.9 Å². The SMILES string of the molecule is COc1cc(OC)cc(C(N)c2ccc(Cl)c(OC)c2)c1. The van der Waals surface area contributed by atoms with E-state index in [4.69, 9.17) is 31.5 Å². The Kier molecular flexibility index (Phi) is 4.94. The third-order valence-electron chi connectivity index (χ3n) is 3.27. The lowest BCUT2D eigenvalue weighted by molar-refractivity contribution is 0.393. The fourth-order valence-electron chi connectivity index (χ4n) is 2.07. The molecule has 0 amide bonds. The monoisotopic (exact) mass is 307 g/mol. The number of halogens is 1. The highest BCUT2D eigenvalue weighted by Gasteiger charge is 2.14. The first-order valence-electron chi connectivity index (χ1n) is 6.41. The van der Waals surface area contributed by atoms with E-state index in [0.29, 0.717) is 22.3 Å². The van der Waals surface area contributed by atoms with Crippen molar-refractivity contribution in [2.45, 2.75) is 6.04 Å². The lowest BCUT2D eigenvalue weighted by Gasteiger charge is -2.16. The summed E-state index contributed by atoms with van der Waals surface area (Å²) in [6, 6.07) is 10.7. The van der Waals surface area contributed by atoms with E-state index in [0.717, 1.165) is 11.1 Å². The van der Waals surface area contributed by atoms with E-state index >= 15 is 0 Å². The molecule has 0 heterocycles. The van der Waals surface area contributed by atoms with Crippen molar-refractivity contribution in [3.63, 3.8) is 0 Å². The van der Waals surface area contributed by atoms with Gasteiger partial charge in [0.1, 0.15) is 17.2 Å². The standard InChI is InChI=1S/C16H18ClNO3/c1-19-12-6-11(7-13(9-12)20-2)16(18)10-4-5-14(17)15(8-10)21-3/h4-9,16H,18H2,1-3H3. The fourth-order valence-corrected chi connectivity index (χ4v) is 2.27. The largest absolute Gasteiger partial charge is 0.497 e. The molecule has 1 atom stereocenters. The number of benzene rings is 2. The zero-order valence-electron chi connectivity index (χ0n) is 12.2. The lowest BCUT2D eigenvalue weighted by Crippen LogP contribution is -2.12. The molecule has 0 aliphatic heterocycles. The molecule has 2 N–H and O–H groups in total. The second-order valence-electron chi connectivity index (χ2n) is 4.52. The van der Waals surface area contributed by atoms with Crippen LogP contribution in [0.25, 0.3) is 0 Å². The van der Waals surface area contributed by atoms with E-state index < -0.39 is 0 Å². The summed E-state index contributed by atoms with van der Waals surface area (Å²) in [5.41, 5.74) is 8.11. The fraction of sp³-hybridized carbons (Fsp3) is 0.250. The molecule has 0 aromatic heterocycles. The van der Waals surface area contributed by atoms with Crippen LogP contribution in [0.3, 0.4) is 0 Å². The first-order valence-corrected chi connectivity index (χ1v) is 6.78. The molecule has 112 valence electrons. The van der Waals surface area contributed by atoms with Crippen molar-refractivity contribution in [1.82, 2.24) is 0 Å². The molecule has 0 aliphatic rings. The van der Waals surface area contributed by atoms with Gasteiger partial charge in [-0.1, -0.05) is 17.7 Å². The van der Waals surface area contributed by atoms with Crippen molar-refractivity contribution < 1.29 is 14.2 Å². The summed E-state index contributed by atoms with van der Waals surface area (Å²) < 4.78 is 15.8. The number of nitrogens with two attached hydrogens (primary N) is 1. The van der Waals surface area contributed by atoms with Gasteiger partial charge in [0.15, 0.2) is 0 Å². The Morgan fingerprint density at radius 2 is 1.48 bits per heavy atom. The predicted molar refractivity (Wildman–Crippen MR) is 83.6 cm³/mol. The molecule has 21 heavy (non-hydrogen) atoms. The summed E-state index contributed by atoms with van der Waals surface area (Å²) >= 11 is 6.04. The molecule has 2 aromatic carbocycles. The Balaban J connectivity index is 2.41. The van der Waals surface area contributed by atoms with Gasteiger partial charge < -0.3 is 19.9 Å². The van der Waals surface area contributed by atoms with Crippen LogP contribution in [0, 0.1) is 0 Å². The van der Waals surface area contributed by atoms with Crippen LogP contribution in [0.5, 0.6) is 17.2 Å². The number of ether oxygens (including phenoxy) is 3. The number of methoxy groups -OCH3 is 3. The number of rotatable bonds is 5. The summed E-state index contributed by atoms with van der Waals surface area (Å²) in [6.45, 7) is 0. The number of hydrogen-bond acceptors (Lipinski definition) is 4. The Bertz CT molecular complexity index is 609. The lowest BCUT2D eigenvalue weighted by atomic mass is 9.99. The summed E-state index contributed by atoms with van der Waals surface area (Å²) in [5, 5.41) is 0.552. The van der Waals surface area contributed by atoms with Crippen LogP contribution in [0.4, 0.5) is 0 Å². The topological polar surface area (TPSA) is 53.7 Å². The molecule has 0 bridgehead atoms. The Hall–Kier alpha value is -1.91. The maximum atomic E-state index is 6.33. The third-order valence-corrected chi connectivity index (χ3v) is 3.58. The average Bonchev–Trinajstić information content (AvgIpc) is 2.54. The molecule has 0 fully saturated rings. The molecule has 0 radical (unpaired) electrons. The van der Waals surface area contributed by atoms with Crippen LogP contribution in [0.1, 0.15) is 17.2 Å². The quantitative estimate of drug-likeness (QED) is 0.919. The van der Waals surface area contributed by atoms with Crippen molar-refractivity contribution in [3.05, 3.63) is 52.5 Å². The van der Waals surface area contributed by atoms with Crippen molar-refractivity contribution >= 4 is 11.6 Å². The Labute approximate surface area is 129 Å². The molecular weight excluding hydrogens is 290 g/mol. The minimum absolute atomic E-state index is 0.333. The van der Waals surface area contributed by atoms with E-state index in [1.807, 2.05) is 24.3 Å². The molecule has 0 saturated carbocycles. The zero-order chi connectivity index (χ0) is 15.4. The van der Waals surface area contributed by atoms with Gasteiger partial charge in [-0.15, -0.1) is 0 Å². The van der Waals surface area contributed by atoms with Gasteiger partial charge in [0.2, 0.25) is 0 Å². The van der Waals surface area contributed by atoms with Crippen LogP contribution in [0.15, 0.2) is 36.4 Å².